The monoisotopic (exact) mass is 364 g/mol. The molecule has 2 aromatic carbocycles. The second kappa shape index (κ2) is 6.01. The van der Waals surface area contributed by atoms with Crippen molar-refractivity contribution in [1.82, 2.24) is 0 Å². The molecule has 5 rings (SSSR count). The Labute approximate surface area is 159 Å². The molecule has 1 saturated carbocycles. The average Bonchev–Trinajstić information content (AvgIpc) is 3.09. The number of aliphatic carboxylic acids is 1. The zero-order valence-corrected chi connectivity index (χ0v) is 15.5. The van der Waals surface area contributed by atoms with Gasteiger partial charge in [0.2, 0.25) is 0 Å². The van der Waals surface area contributed by atoms with Crippen LogP contribution in [0.2, 0.25) is 0 Å². The van der Waals surface area contributed by atoms with E-state index >= 15 is 0 Å². The van der Waals surface area contributed by atoms with Crippen LogP contribution in [0, 0.1) is 0 Å². The van der Waals surface area contributed by atoms with Gasteiger partial charge >= 0.3 is 5.97 Å². The molecular formula is C23H24O4. The minimum Gasteiger partial charge on any atom is -0.492 e. The van der Waals surface area contributed by atoms with Crippen LogP contribution in [0.25, 0.3) is 0 Å². The van der Waals surface area contributed by atoms with Crippen LogP contribution in [0.5, 0.6) is 11.5 Å². The molecule has 2 unspecified atom stereocenters. The van der Waals surface area contributed by atoms with Crippen molar-refractivity contribution in [3.8, 4) is 11.5 Å². The summed E-state index contributed by atoms with van der Waals surface area (Å²) in [6.45, 7) is 2.79. The van der Waals surface area contributed by atoms with E-state index in [1.165, 1.54) is 29.5 Å². The number of hydrogen-bond acceptors (Lipinski definition) is 3. The molecule has 0 spiro atoms. The summed E-state index contributed by atoms with van der Waals surface area (Å²) >= 11 is 0. The number of carbonyl (C=O) groups is 1. The summed E-state index contributed by atoms with van der Waals surface area (Å²) in [6.07, 6.45) is 4.83. The molecular weight excluding hydrogens is 340 g/mol. The number of carboxylic acid groups (broad SMARTS) is 1. The van der Waals surface area contributed by atoms with E-state index in [9.17, 15) is 4.79 Å². The minimum absolute atomic E-state index is 0.0689. The summed E-state index contributed by atoms with van der Waals surface area (Å²) in [4.78, 5) is 11.0. The molecule has 1 fully saturated rings. The quantitative estimate of drug-likeness (QED) is 0.831. The van der Waals surface area contributed by atoms with Crippen LogP contribution in [0.15, 0.2) is 36.4 Å². The van der Waals surface area contributed by atoms with E-state index in [0.717, 1.165) is 29.9 Å². The van der Waals surface area contributed by atoms with Gasteiger partial charge in [0.15, 0.2) is 0 Å². The number of carboxylic acids is 1. The smallest absolute Gasteiger partial charge is 0.304 e. The van der Waals surface area contributed by atoms with Gasteiger partial charge in [-0.25, -0.2) is 0 Å². The second-order valence-corrected chi connectivity index (χ2v) is 8.38. The molecule has 0 bridgehead atoms. The molecule has 0 saturated heterocycles. The van der Waals surface area contributed by atoms with Crippen molar-refractivity contribution >= 4 is 5.97 Å². The molecule has 1 aliphatic heterocycles. The van der Waals surface area contributed by atoms with Gasteiger partial charge in [-0.1, -0.05) is 31.2 Å². The first-order valence-electron chi connectivity index (χ1n) is 9.81. The lowest BCUT2D eigenvalue weighted by Crippen LogP contribution is -2.07. The van der Waals surface area contributed by atoms with Crippen LogP contribution in [-0.4, -0.2) is 17.7 Å². The molecule has 4 nitrogen and oxygen atoms in total. The fourth-order valence-electron chi connectivity index (χ4n) is 4.64. The van der Waals surface area contributed by atoms with Crippen LogP contribution < -0.4 is 9.47 Å². The van der Waals surface area contributed by atoms with E-state index in [4.69, 9.17) is 14.6 Å². The molecule has 4 heteroatoms. The SMILES string of the molecule is CC1(c2cccc3c2CCC3Oc2ccc3c(c2)OCC3CC(=O)O)CC1. The van der Waals surface area contributed by atoms with Gasteiger partial charge in [0.25, 0.3) is 0 Å². The van der Waals surface area contributed by atoms with E-state index in [1.54, 1.807) is 0 Å². The van der Waals surface area contributed by atoms with Crippen LogP contribution >= 0.6 is 0 Å². The Morgan fingerprint density at radius 3 is 2.89 bits per heavy atom. The average molecular weight is 364 g/mol. The third kappa shape index (κ3) is 2.88. The summed E-state index contributed by atoms with van der Waals surface area (Å²) in [5.74, 6) is 0.696. The maximum absolute atomic E-state index is 11.0. The van der Waals surface area contributed by atoms with Crippen molar-refractivity contribution in [2.75, 3.05) is 6.61 Å². The van der Waals surface area contributed by atoms with Gasteiger partial charge in [-0.3, -0.25) is 4.79 Å². The summed E-state index contributed by atoms with van der Waals surface area (Å²) in [6, 6.07) is 12.5. The van der Waals surface area contributed by atoms with E-state index in [1.807, 2.05) is 18.2 Å². The van der Waals surface area contributed by atoms with Crippen molar-refractivity contribution in [2.24, 2.45) is 0 Å². The molecule has 2 aliphatic carbocycles. The predicted molar refractivity (Wildman–Crippen MR) is 102 cm³/mol. The highest BCUT2D eigenvalue weighted by Crippen LogP contribution is 2.51. The summed E-state index contributed by atoms with van der Waals surface area (Å²) in [7, 11) is 0. The zero-order chi connectivity index (χ0) is 18.6. The van der Waals surface area contributed by atoms with Crippen molar-refractivity contribution in [3.05, 3.63) is 58.7 Å². The standard InChI is InChI=1S/C23H24O4/c1-23(9-10-23)19-4-2-3-18-17(19)7-8-20(18)27-15-5-6-16-14(11-22(24)25)13-26-21(16)12-15/h2-6,12,14,20H,7-11,13H2,1H3,(H,24,25). The molecule has 1 heterocycles. The largest absolute Gasteiger partial charge is 0.492 e. The van der Waals surface area contributed by atoms with Crippen LogP contribution in [-0.2, 0) is 16.6 Å². The lowest BCUT2D eigenvalue weighted by Gasteiger charge is -2.18. The Bertz CT molecular complexity index is 913. The number of fused-ring (bicyclic) bond motifs is 2. The Balaban J connectivity index is 1.37. The van der Waals surface area contributed by atoms with E-state index in [2.05, 4.69) is 25.1 Å². The highest BCUT2D eigenvalue weighted by atomic mass is 16.5. The lowest BCUT2D eigenvalue weighted by atomic mass is 9.91. The molecule has 140 valence electrons. The molecule has 27 heavy (non-hydrogen) atoms. The first-order chi connectivity index (χ1) is 13.0. The van der Waals surface area contributed by atoms with Gasteiger partial charge in [0, 0.05) is 17.5 Å². The lowest BCUT2D eigenvalue weighted by molar-refractivity contribution is -0.137. The normalized spacial score (nSPS) is 24.0. The maximum atomic E-state index is 11.0. The Hall–Kier alpha value is -2.49. The molecule has 3 aliphatic rings. The fraction of sp³-hybridized carbons (Fsp3) is 0.435. The number of benzene rings is 2. The van der Waals surface area contributed by atoms with Gasteiger partial charge in [-0.15, -0.1) is 0 Å². The number of rotatable bonds is 5. The topological polar surface area (TPSA) is 55.8 Å². The minimum atomic E-state index is -0.792. The second-order valence-electron chi connectivity index (χ2n) is 8.38. The fourth-order valence-corrected chi connectivity index (χ4v) is 4.64. The van der Waals surface area contributed by atoms with Crippen LogP contribution in [0.1, 0.15) is 66.9 Å². The van der Waals surface area contributed by atoms with Crippen LogP contribution in [0.3, 0.4) is 0 Å². The van der Waals surface area contributed by atoms with E-state index in [-0.39, 0.29) is 18.4 Å². The van der Waals surface area contributed by atoms with E-state index in [0.29, 0.717) is 12.0 Å². The highest BCUT2D eigenvalue weighted by molar-refractivity contribution is 5.68. The molecule has 2 atom stereocenters. The molecule has 0 radical (unpaired) electrons. The Morgan fingerprint density at radius 2 is 2.11 bits per heavy atom. The van der Waals surface area contributed by atoms with Gasteiger partial charge < -0.3 is 14.6 Å². The molecule has 1 N–H and O–H groups in total. The van der Waals surface area contributed by atoms with Gasteiger partial charge in [0.1, 0.15) is 17.6 Å². The van der Waals surface area contributed by atoms with Crippen molar-refractivity contribution in [2.45, 2.75) is 56.5 Å². The zero-order valence-electron chi connectivity index (χ0n) is 15.5. The van der Waals surface area contributed by atoms with Gasteiger partial charge in [0.05, 0.1) is 13.0 Å². The van der Waals surface area contributed by atoms with Crippen molar-refractivity contribution in [1.29, 1.82) is 0 Å². The Kier molecular flexibility index (Phi) is 3.71. The molecule has 0 amide bonds. The summed E-state index contributed by atoms with van der Waals surface area (Å²) in [5, 5.41) is 9.04. The summed E-state index contributed by atoms with van der Waals surface area (Å²) < 4.78 is 12.1. The predicted octanol–water partition coefficient (Wildman–Crippen LogP) is 4.76. The van der Waals surface area contributed by atoms with E-state index < -0.39 is 5.97 Å². The third-order valence-corrected chi connectivity index (χ3v) is 6.43. The number of ether oxygens (including phenoxy) is 2. The maximum Gasteiger partial charge on any atom is 0.304 e. The molecule has 0 aromatic heterocycles. The van der Waals surface area contributed by atoms with Gasteiger partial charge in [-0.05, 0) is 53.9 Å². The molecule has 2 aromatic rings. The number of hydrogen-bond donors (Lipinski definition) is 1. The van der Waals surface area contributed by atoms with Gasteiger partial charge in [-0.2, -0.15) is 0 Å². The first-order valence-corrected chi connectivity index (χ1v) is 9.81. The first kappa shape index (κ1) is 16.7. The van der Waals surface area contributed by atoms with Crippen LogP contribution in [0.4, 0.5) is 0 Å². The summed E-state index contributed by atoms with van der Waals surface area (Å²) in [5.41, 5.74) is 5.67. The Morgan fingerprint density at radius 1 is 1.26 bits per heavy atom. The van der Waals surface area contributed by atoms with Crippen molar-refractivity contribution < 1.29 is 19.4 Å². The third-order valence-electron chi connectivity index (χ3n) is 6.43. The highest BCUT2D eigenvalue weighted by Gasteiger charge is 2.42. The van der Waals surface area contributed by atoms with Crippen molar-refractivity contribution in [3.63, 3.8) is 0 Å².